The zero-order valence-corrected chi connectivity index (χ0v) is 15.3. The second-order valence-electron chi connectivity index (χ2n) is 8.34. The van der Waals surface area contributed by atoms with Gasteiger partial charge in [0.15, 0.2) is 0 Å². The van der Waals surface area contributed by atoms with Crippen LogP contribution in [0, 0.1) is 18.3 Å². The monoisotopic (exact) mass is 327 g/mol. The number of ether oxygens (including phenoxy) is 1. The first kappa shape index (κ1) is 17.1. The molecule has 0 unspecified atom stereocenters. The lowest BCUT2D eigenvalue weighted by Crippen LogP contribution is -2.31. The van der Waals surface area contributed by atoms with E-state index in [9.17, 15) is 4.79 Å². The fourth-order valence-corrected chi connectivity index (χ4v) is 3.87. The molecule has 3 rings (SSSR count). The predicted octanol–water partition coefficient (Wildman–Crippen LogP) is 5.10. The van der Waals surface area contributed by atoms with Gasteiger partial charge in [-0.3, -0.25) is 4.79 Å². The predicted molar refractivity (Wildman–Crippen MR) is 98.0 cm³/mol. The molecule has 0 radical (unpaired) electrons. The highest BCUT2D eigenvalue weighted by Gasteiger charge is 2.31. The van der Waals surface area contributed by atoms with Gasteiger partial charge in [0.05, 0.1) is 0 Å². The van der Waals surface area contributed by atoms with Crippen molar-refractivity contribution in [1.29, 1.82) is 0 Å². The van der Waals surface area contributed by atoms with Gasteiger partial charge < -0.3 is 9.30 Å². The maximum atomic E-state index is 12.3. The first-order valence-electron chi connectivity index (χ1n) is 9.08. The minimum absolute atomic E-state index is 0.0974. The second-order valence-corrected chi connectivity index (χ2v) is 8.34. The van der Waals surface area contributed by atoms with E-state index in [1.54, 1.807) is 0 Å². The van der Waals surface area contributed by atoms with Crippen LogP contribution < -0.4 is 0 Å². The Bertz CT molecular complexity index is 715. The van der Waals surface area contributed by atoms with Crippen LogP contribution in [-0.4, -0.2) is 16.6 Å². The van der Waals surface area contributed by atoms with Gasteiger partial charge in [0.2, 0.25) is 0 Å². The Morgan fingerprint density at radius 2 is 1.88 bits per heavy atom. The minimum atomic E-state index is -0.118. The number of carbonyl (C=O) groups is 1. The van der Waals surface area contributed by atoms with E-state index in [2.05, 4.69) is 52.0 Å². The third-order valence-corrected chi connectivity index (χ3v) is 5.42. The van der Waals surface area contributed by atoms with Crippen molar-refractivity contribution in [3.05, 3.63) is 36.0 Å². The highest BCUT2D eigenvalue weighted by molar-refractivity contribution is 5.82. The van der Waals surface area contributed by atoms with Gasteiger partial charge in [0.1, 0.15) is 12.6 Å². The molecule has 24 heavy (non-hydrogen) atoms. The van der Waals surface area contributed by atoms with Gasteiger partial charge in [0.25, 0.3) is 0 Å². The van der Waals surface area contributed by atoms with Crippen LogP contribution in [0.1, 0.15) is 52.0 Å². The van der Waals surface area contributed by atoms with Crippen molar-refractivity contribution in [1.82, 2.24) is 4.57 Å². The van der Waals surface area contributed by atoms with Crippen LogP contribution in [0.15, 0.2) is 30.5 Å². The van der Waals surface area contributed by atoms with Gasteiger partial charge in [-0.15, -0.1) is 0 Å². The third kappa shape index (κ3) is 3.82. The van der Waals surface area contributed by atoms with Crippen LogP contribution in [0.3, 0.4) is 0 Å². The number of aromatic nitrogens is 1. The molecule has 1 aliphatic carbocycles. The molecule has 1 heterocycles. The van der Waals surface area contributed by atoms with Crippen LogP contribution in [0.5, 0.6) is 0 Å². The lowest BCUT2D eigenvalue weighted by molar-refractivity contribution is -0.152. The van der Waals surface area contributed by atoms with Crippen molar-refractivity contribution in [3.8, 4) is 0 Å². The van der Waals surface area contributed by atoms with Gasteiger partial charge >= 0.3 is 5.97 Å². The molecule has 1 saturated carbocycles. The lowest BCUT2D eigenvalue weighted by atomic mass is 9.72. The molecule has 0 bridgehead atoms. The average Bonchev–Trinajstić information content (AvgIpc) is 2.89. The SMILES string of the molecule is Cc1ccc2c(ccn2CC(=O)OC2CCC(C(C)(C)C)CC2)c1. The number of carbonyl (C=O) groups excluding carboxylic acids is 1. The maximum absolute atomic E-state index is 12.3. The summed E-state index contributed by atoms with van der Waals surface area (Å²) in [4.78, 5) is 12.3. The molecule has 1 fully saturated rings. The van der Waals surface area contributed by atoms with Crippen molar-refractivity contribution in [2.45, 2.75) is 66.0 Å². The van der Waals surface area contributed by atoms with E-state index in [0.29, 0.717) is 12.0 Å². The Morgan fingerprint density at radius 3 is 2.54 bits per heavy atom. The van der Waals surface area contributed by atoms with Crippen molar-refractivity contribution < 1.29 is 9.53 Å². The summed E-state index contributed by atoms with van der Waals surface area (Å²) in [5.41, 5.74) is 2.68. The maximum Gasteiger partial charge on any atom is 0.326 e. The molecule has 2 aromatic rings. The molecule has 0 amide bonds. The summed E-state index contributed by atoms with van der Waals surface area (Å²) in [6.07, 6.45) is 6.39. The number of hydrogen-bond acceptors (Lipinski definition) is 2. The Labute approximate surface area is 145 Å². The second kappa shape index (κ2) is 6.62. The molecule has 3 nitrogen and oxygen atoms in total. The number of esters is 1. The summed E-state index contributed by atoms with van der Waals surface area (Å²) < 4.78 is 7.72. The van der Waals surface area contributed by atoms with E-state index in [4.69, 9.17) is 4.74 Å². The average molecular weight is 327 g/mol. The number of nitrogens with zero attached hydrogens (tertiary/aromatic N) is 1. The van der Waals surface area contributed by atoms with Crippen LogP contribution in [0.2, 0.25) is 0 Å². The number of benzene rings is 1. The molecule has 1 aromatic heterocycles. The smallest absolute Gasteiger partial charge is 0.326 e. The summed E-state index contributed by atoms with van der Waals surface area (Å²) >= 11 is 0. The normalized spacial score (nSPS) is 21.8. The molecule has 0 N–H and O–H groups in total. The Morgan fingerprint density at radius 1 is 1.17 bits per heavy atom. The van der Waals surface area contributed by atoms with Gasteiger partial charge in [-0.2, -0.15) is 0 Å². The molecule has 3 heteroatoms. The zero-order valence-electron chi connectivity index (χ0n) is 15.3. The number of rotatable bonds is 3. The lowest BCUT2D eigenvalue weighted by Gasteiger charge is -2.36. The van der Waals surface area contributed by atoms with Gasteiger partial charge in [0, 0.05) is 11.7 Å². The van der Waals surface area contributed by atoms with E-state index in [-0.39, 0.29) is 12.1 Å². The fourth-order valence-electron chi connectivity index (χ4n) is 3.87. The van der Waals surface area contributed by atoms with E-state index in [0.717, 1.165) is 37.1 Å². The van der Waals surface area contributed by atoms with Crippen LogP contribution >= 0.6 is 0 Å². The molecular formula is C21H29NO2. The van der Waals surface area contributed by atoms with E-state index in [1.165, 1.54) is 10.9 Å². The largest absolute Gasteiger partial charge is 0.461 e. The molecule has 0 saturated heterocycles. The summed E-state index contributed by atoms with van der Waals surface area (Å²) in [5.74, 6) is 0.622. The molecule has 1 aliphatic rings. The highest BCUT2D eigenvalue weighted by atomic mass is 16.5. The molecule has 0 spiro atoms. The number of hydrogen-bond donors (Lipinski definition) is 0. The van der Waals surface area contributed by atoms with E-state index < -0.39 is 0 Å². The summed E-state index contributed by atoms with van der Waals surface area (Å²) in [6.45, 7) is 9.30. The molecule has 1 aromatic carbocycles. The first-order chi connectivity index (χ1) is 11.3. The van der Waals surface area contributed by atoms with Crippen molar-refractivity contribution in [2.75, 3.05) is 0 Å². The van der Waals surface area contributed by atoms with Gasteiger partial charge in [-0.05, 0) is 67.5 Å². The van der Waals surface area contributed by atoms with Gasteiger partial charge in [-0.1, -0.05) is 32.4 Å². The molecule has 0 atom stereocenters. The van der Waals surface area contributed by atoms with E-state index in [1.807, 2.05) is 10.8 Å². The molecule has 130 valence electrons. The van der Waals surface area contributed by atoms with E-state index >= 15 is 0 Å². The Balaban J connectivity index is 1.56. The summed E-state index contributed by atoms with van der Waals surface area (Å²) in [7, 11) is 0. The Kier molecular flexibility index (Phi) is 4.71. The zero-order chi connectivity index (χ0) is 17.3. The summed E-state index contributed by atoms with van der Waals surface area (Å²) in [6, 6.07) is 8.36. The third-order valence-electron chi connectivity index (χ3n) is 5.42. The quantitative estimate of drug-likeness (QED) is 0.735. The van der Waals surface area contributed by atoms with Crippen molar-refractivity contribution >= 4 is 16.9 Å². The topological polar surface area (TPSA) is 31.2 Å². The number of fused-ring (bicyclic) bond motifs is 1. The Hall–Kier alpha value is -1.77. The van der Waals surface area contributed by atoms with Gasteiger partial charge in [-0.25, -0.2) is 0 Å². The van der Waals surface area contributed by atoms with Crippen LogP contribution in [0.25, 0.3) is 10.9 Å². The van der Waals surface area contributed by atoms with Crippen molar-refractivity contribution in [3.63, 3.8) is 0 Å². The van der Waals surface area contributed by atoms with Crippen LogP contribution in [0.4, 0.5) is 0 Å². The molecular weight excluding hydrogens is 298 g/mol. The van der Waals surface area contributed by atoms with Crippen molar-refractivity contribution in [2.24, 2.45) is 11.3 Å². The highest BCUT2D eigenvalue weighted by Crippen LogP contribution is 2.38. The number of aryl methyl sites for hydroxylation is 1. The first-order valence-corrected chi connectivity index (χ1v) is 9.08. The minimum Gasteiger partial charge on any atom is -0.461 e. The standard InChI is InChI=1S/C21H29NO2/c1-15-5-10-19-16(13-15)11-12-22(19)14-20(23)24-18-8-6-17(7-9-18)21(2,3)4/h5,10-13,17-18H,6-9,14H2,1-4H3. The fraction of sp³-hybridized carbons (Fsp3) is 0.571. The van der Waals surface area contributed by atoms with Crippen LogP contribution in [-0.2, 0) is 16.1 Å². The summed E-state index contributed by atoms with van der Waals surface area (Å²) in [5, 5.41) is 1.17. The molecule has 0 aliphatic heterocycles.